The number of hydrogen-bond acceptors (Lipinski definition) is 6. The van der Waals surface area contributed by atoms with Crippen LogP contribution in [0.3, 0.4) is 0 Å². The monoisotopic (exact) mass is 499 g/mol. The molecule has 1 fully saturated rings. The van der Waals surface area contributed by atoms with Crippen molar-refractivity contribution in [2.45, 2.75) is 69.6 Å². The number of benzene rings is 1. The lowest BCUT2D eigenvalue weighted by Gasteiger charge is -2.28. The van der Waals surface area contributed by atoms with Crippen LogP contribution in [0.2, 0.25) is 0 Å². The fourth-order valence-corrected chi connectivity index (χ4v) is 4.53. The number of H-pyrrole nitrogens is 1. The average Bonchev–Trinajstić information content (AvgIpc) is 3.50. The number of primary amides is 1. The third-order valence-electron chi connectivity index (χ3n) is 6.64. The molecule has 11 heteroatoms. The lowest BCUT2D eigenvalue weighted by molar-refractivity contribution is -0.140. The van der Waals surface area contributed by atoms with Crippen molar-refractivity contribution in [3.63, 3.8) is 0 Å². The van der Waals surface area contributed by atoms with Gasteiger partial charge in [0.1, 0.15) is 18.1 Å². The Labute approximate surface area is 210 Å². The second-order valence-corrected chi connectivity index (χ2v) is 9.34. The Hall–Kier alpha value is -3.44. The van der Waals surface area contributed by atoms with Crippen molar-refractivity contribution in [2.24, 2.45) is 17.2 Å². The zero-order valence-electron chi connectivity index (χ0n) is 20.7. The molecule has 11 nitrogen and oxygen atoms in total. The van der Waals surface area contributed by atoms with Crippen molar-refractivity contribution in [3.05, 3.63) is 36.0 Å². The molecule has 0 bridgehead atoms. The van der Waals surface area contributed by atoms with Gasteiger partial charge >= 0.3 is 0 Å². The molecule has 0 spiro atoms. The van der Waals surface area contributed by atoms with E-state index in [-0.39, 0.29) is 12.3 Å². The van der Waals surface area contributed by atoms with Crippen LogP contribution in [0.15, 0.2) is 30.5 Å². The minimum Gasteiger partial charge on any atom is -0.368 e. The van der Waals surface area contributed by atoms with Crippen molar-refractivity contribution in [2.75, 3.05) is 13.1 Å². The Balaban J connectivity index is 1.75. The summed E-state index contributed by atoms with van der Waals surface area (Å²) in [6.45, 7) is 2.44. The molecule has 0 radical (unpaired) electrons. The highest BCUT2D eigenvalue weighted by molar-refractivity contribution is 5.95. The normalized spacial score (nSPS) is 18.0. The van der Waals surface area contributed by atoms with Crippen LogP contribution < -0.4 is 27.8 Å². The van der Waals surface area contributed by atoms with Crippen LogP contribution in [-0.2, 0) is 25.6 Å². The molecule has 1 aliphatic rings. The van der Waals surface area contributed by atoms with E-state index in [0.717, 1.165) is 29.3 Å². The fourth-order valence-electron chi connectivity index (χ4n) is 4.53. The number of unbranched alkanes of at least 4 members (excludes halogenated alkanes) is 1. The van der Waals surface area contributed by atoms with E-state index in [9.17, 15) is 19.2 Å². The first-order valence-corrected chi connectivity index (χ1v) is 12.4. The van der Waals surface area contributed by atoms with Gasteiger partial charge in [0, 0.05) is 30.1 Å². The summed E-state index contributed by atoms with van der Waals surface area (Å²) in [5.41, 5.74) is 18.7. The van der Waals surface area contributed by atoms with E-state index in [1.165, 1.54) is 11.8 Å². The fraction of sp³-hybridized carbons (Fsp3) is 0.520. The van der Waals surface area contributed by atoms with E-state index in [1.807, 2.05) is 24.3 Å². The number of rotatable bonds is 12. The topological polar surface area (TPSA) is 189 Å². The number of aromatic nitrogens is 1. The number of carbonyl (C=O) groups excluding carboxylic acids is 4. The molecule has 4 amide bonds. The minimum absolute atomic E-state index is 0.187. The maximum absolute atomic E-state index is 13.3. The van der Waals surface area contributed by atoms with Crippen molar-refractivity contribution >= 4 is 34.5 Å². The van der Waals surface area contributed by atoms with Crippen LogP contribution in [0.1, 0.15) is 44.6 Å². The predicted octanol–water partition coefficient (Wildman–Crippen LogP) is -0.367. The van der Waals surface area contributed by atoms with Crippen LogP contribution in [0.25, 0.3) is 10.9 Å². The van der Waals surface area contributed by atoms with Crippen LogP contribution in [0.5, 0.6) is 0 Å². The van der Waals surface area contributed by atoms with Gasteiger partial charge in [0.25, 0.3) is 0 Å². The molecule has 36 heavy (non-hydrogen) atoms. The first kappa shape index (κ1) is 27.2. The molecular formula is C25H37N7O4. The van der Waals surface area contributed by atoms with Gasteiger partial charge in [-0.05, 0) is 50.8 Å². The number of para-hydroxylation sites is 1. The second-order valence-electron chi connectivity index (χ2n) is 9.34. The van der Waals surface area contributed by atoms with E-state index >= 15 is 0 Å². The van der Waals surface area contributed by atoms with Gasteiger partial charge < -0.3 is 37.7 Å². The summed E-state index contributed by atoms with van der Waals surface area (Å²) in [6.07, 6.45) is 5.13. The van der Waals surface area contributed by atoms with Crippen molar-refractivity contribution < 1.29 is 19.2 Å². The molecule has 0 saturated carbocycles. The highest BCUT2D eigenvalue weighted by Gasteiger charge is 2.37. The molecule has 1 aliphatic heterocycles. The maximum Gasteiger partial charge on any atom is 0.243 e. The van der Waals surface area contributed by atoms with Crippen LogP contribution in [0.4, 0.5) is 0 Å². The molecular weight excluding hydrogens is 462 g/mol. The standard InChI is InChI=1S/C25H37N7O4/c1-15(22(28)33)30-23(34)20(13-16-14-29-19-9-3-2-7-17(16)19)31-24(35)21-10-6-12-32(21)25(36)18(27)8-4-5-11-26/h2-3,7,9,14-15,18,20-21,29H,4-6,8,10-13,26-27H2,1H3,(H2,28,33)(H,30,34)(H,31,35)/t15-,18-,20-,21-/m0/s1. The number of nitrogens with zero attached hydrogens (tertiary/aromatic N) is 1. The van der Waals surface area contributed by atoms with Gasteiger partial charge in [0.15, 0.2) is 0 Å². The summed E-state index contributed by atoms with van der Waals surface area (Å²) in [6, 6.07) is 4.33. The van der Waals surface area contributed by atoms with Crippen LogP contribution >= 0.6 is 0 Å². The van der Waals surface area contributed by atoms with Crippen molar-refractivity contribution in [1.29, 1.82) is 0 Å². The van der Waals surface area contributed by atoms with E-state index < -0.39 is 41.9 Å². The number of carbonyl (C=O) groups is 4. The summed E-state index contributed by atoms with van der Waals surface area (Å²) in [7, 11) is 0. The SMILES string of the molecule is C[C@H](NC(=O)[C@H](Cc1c[nH]c2ccccc12)NC(=O)[C@@H]1CCCN1C(=O)[C@@H](N)CCCCN)C(N)=O. The smallest absolute Gasteiger partial charge is 0.243 e. The van der Waals surface area contributed by atoms with Crippen molar-refractivity contribution in [1.82, 2.24) is 20.5 Å². The van der Waals surface area contributed by atoms with Gasteiger partial charge in [-0.2, -0.15) is 0 Å². The predicted molar refractivity (Wildman–Crippen MR) is 136 cm³/mol. The first-order chi connectivity index (χ1) is 17.2. The molecule has 1 aromatic heterocycles. The van der Waals surface area contributed by atoms with Gasteiger partial charge in [0.05, 0.1) is 6.04 Å². The number of amides is 4. The lowest BCUT2D eigenvalue weighted by atomic mass is 10.0. The maximum atomic E-state index is 13.3. The summed E-state index contributed by atoms with van der Waals surface area (Å²) < 4.78 is 0. The molecule has 0 unspecified atom stereocenters. The molecule has 1 saturated heterocycles. The molecule has 1 aromatic carbocycles. The quantitative estimate of drug-likeness (QED) is 0.216. The molecule has 2 aromatic rings. The molecule has 9 N–H and O–H groups in total. The van der Waals surface area contributed by atoms with E-state index in [0.29, 0.717) is 32.4 Å². The average molecular weight is 500 g/mol. The highest BCUT2D eigenvalue weighted by Crippen LogP contribution is 2.22. The first-order valence-electron chi connectivity index (χ1n) is 12.4. The van der Waals surface area contributed by atoms with Gasteiger partial charge in [-0.3, -0.25) is 19.2 Å². The highest BCUT2D eigenvalue weighted by atomic mass is 16.2. The zero-order valence-corrected chi connectivity index (χ0v) is 20.7. The number of nitrogens with one attached hydrogen (secondary N) is 3. The third kappa shape index (κ3) is 6.61. The Kier molecular flexibility index (Phi) is 9.43. The molecule has 3 rings (SSSR count). The van der Waals surface area contributed by atoms with Gasteiger partial charge in [-0.15, -0.1) is 0 Å². The zero-order chi connectivity index (χ0) is 26.2. The van der Waals surface area contributed by atoms with Crippen LogP contribution in [0, 0.1) is 0 Å². The summed E-state index contributed by atoms with van der Waals surface area (Å²) in [4.78, 5) is 55.5. The van der Waals surface area contributed by atoms with Gasteiger partial charge in [0.2, 0.25) is 23.6 Å². The van der Waals surface area contributed by atoms with E-state index in [2.05, 4.69) is 15.6 Å². The minimum atomic E-state index is -0.978. The van der Waals surface area contributed by atoms with Gasteiger partial charge in [-0.1, -0.05) is 24.6 Å². The molecule has 0 aliphatic carbocycles. The number of fused-ring (bicyclic) bond motifs is 1. The Morgan fingerprint density at radius 2 is 1.92 bits per heavy atom. The Morgan fingerprint density at radius 1 is 1.17 bits per heavy atom. The van der Waals surface area contributed by atoms with Crippen LogP contribution in [-0.4, -0.2) is 70.8 Å². The molecule has 2 heterocycles. The number of hydrogen-bond donors (Lipinski definition) is 6. The number of likely N-dealkylation sites (tertiary alicyclic amines) is 1. The number of aromatic amines is 1. The van der Waals surface area contributed by atoms with Gasteiger partial charge in [-0.25, -0.2) is 0 Å². The second kappa shape index (κ2) is 12.5. The summed E-state index contributed by atoms with van der Waals surface area (Å²) in [5, 5.41) is 6.31. The summed E-state index contributed by atoms with van der Waals surface area (Å²) >= 11 is 0. The van der Waals surface area contributed by atoms with E-state index in [1.54, 1.807) is 6.20 Å². The number of nitrogens with two attached hydrogens (primary N) is 3. The van der Waals surface area contributed by atoms with Crippen molar-refractivity contribution in [3.8, 4) is 0 Å². The lowest BCUT2D eigenvalue weighted by Crippen LogP contribution is -2.57. The Bertz CT molecular complexity index is 1090. The summed E-state index contributed by atoms with van der Waals surface area (Å²) in [5.74, 6) is -1.92. The van der Waals surface area contributed by atoms with E-state index in [4.69, 9.17) is 17.2 Å². The molecule has 196 valence electrons. The molecule has 4 atom stereocenters. The largest absolute Gasteiger partial charge is 0.368 e. The third-order valence-corrected chi connectivity index (χ3v) is 6.64. The Morgan fingerprint density at radius 3 is 2.64 bits per heavy atom.